The summed E-state index contributed by atoms with van der Waals surface area (Å²) in [5.41, 5.74) is 0. The van der Waals surface area contributed by atoms with E-state index in [1.165, 1.54) is 218 Å². The number of hydrogen-bond acceptors (Lipinski definition) is 15. The van der Waals surface area contributed by atoms with Gasteiger partial charge in [0.05, 0.1) is 26.4 Å². The van der Waals surface area contributed by atoms with Gasteiger partial charge < -0.3 is 33.8 Å². The van der Waals surface area contributed by atoms with Gasteiger partial charge in [-0.15, -0.1) is 0 Å². The first-order chi connectivity index (χ1) is 46.4. The van der Waals surface area contributed by atoms with Gasteiger partial charge in [-0.1, -0.05) is 350 Å². The van der Waals surface area contributed by atoms with Gasteiger partial charge in [0, 0.05) is 25.7 Å². The highest BCUT2D eigenvalue weighted by Gasteiger charge is 2.30. The summed E-state index contributed by atoms with van der Waals surface area (Å²) in [6, 6.07) is 0. The van der Waals surface area contributed by atoms with Crippen LogP contribution in [0.1, 0.15) is 401 Å². The second kappa shape index (κ2) is 68.8. The van der Waals surface area contributed by atoms with Gasteiger partial charge in [0.15, 0.2) is 12.2 Å². The zero-order valence-electron chi connectivity index (χ0n) is 62.7. The molecule has 19 heteroatoms. The van der Waals surface area contributed by atoms with Gasteiger partial charge >= 0.3 is 39.5 Å². The Morgan fingerprint density at radius 2 is 0.479 bits per heavy atom. The maximum Gasteiger partial charge on any atom is 0.472 e. The van der Waals surface area contributed by atoms with Crippen molar-refractivity contribution in [2.75, 3.05) is 39.6 Å². The largest absolute Gasteiger partial charge is 0.472 e. The number of rotatable bonds is 76. The molecular formula is C77H150O17P2. The molecule has 0 fully saturated rings. The maximum absolute atomic E-state index is 13.1. The van der Waals surface area contributed by atoms with Crippen molar-refractivity contribution in [1.29, 1.82) is 0 Å². The molecular weight excluding hydrogens is 1260 g/mol. The van der Waals surface area contributed by atoms with Crippen LogP contribution in [0.15, 0.2) is 0 Å². The second-order valence-electron chi connectivity index (χ2n) is 28.7. The molecule has 0 aromatic carbocycles. The quantitative estimate of drug-likeness (QED) is 0.0222. The van der Waals surface area contributed by atoms with E-state index in [0.29, 0.717) is 25.7 Å². The van der Waals surface area contributed by atoms with Crippen molar-refractivity contribution in [3.63, 3.8) is 0 Å². The number of phosphoric acid groups is 2. The molecule has 0 aromatic rings. The lowest BCUT2D eigenvalue weighted by atomic mass is 10.0. The predicted molar refractivity (Wildman–Crippen MR) is 391 cm³/mol. The molecule has 5 atom stereocenters. The number of esters is 4. The zero-order chi connectivity index (χ0) is 70.7. The summed E-state index contributed by atoms with van der Waals surface area (Å²) < 4.78 is 68.6. The van der Waals surface area contributed by atoms with Crippen LogP contribution < -0.4 is 0 Å². The molecule has 0 saturated carbocycles. The second-order valence-corrected chi connectivity index (χ2v) is 31.6. The van der Waals surface area contributed by atoms with Crippen LogP contribution in [0, 0.1) is 11.8 Å². The van der Waals surface area contributed by atoms with Gasteiger partial charge in [0.25, 0.3) is 0 Å². The third-order valence-corrected chi connectivity index (χ3v) is 19.9. The van der Waals surface area contributed by atoms with E-state index >= 15 is 0 Å². The van der Waals surface area contributed by atoms with E-state index < -0.39 is 97.5 Å². The molecule has 0 radical (unpaired) electrons. The highest BCUT2D eigenvalue weighted by atomic mass is 31.2. The molecule has 0 saturated heterocycles. The Kier molecular flexibility index (Phi) is 67.4. The lowest BCUT2D eigenvalue weighted by Gasteiger charge is -2.21. The van der Waals surface area contributed by atoms with Gasteiger partial charge in [-0.05, 0) is 37.5 Å². The van der Waals surface area contributed by atoms with Crippen molar-refractivity contribution in [1.82, 2.24) is 0 Å². The molecule has 0 aliphatic carbocycles. The Morgan fingerprint density at radius 3 is 0.708 bits per heavy atom. The summed E-state index contributed by atoms with van der Waals surface area (Å²) >= 11 is 0. The molecule has 570 valence electrons. The van der Waals surface area contributed by atoms with Gasteiger partial charge in [-0.25, -0.2) is 9.13 Å². The van der Waals surface area contributed by atoms with Gasteiger partial charge in [0.1, 0.15) is 19.3 Å². The lowest BCUT2D eigenvalue weighted by molar-refractivity contribution is -0.161. The average molecular weight is 1410 g/mol. The molecule has 17 nitrogen and oxygen atoms in total. The fourth-order valence-electron chi connectivity index (χ4n) is 11.8. The molecule has 0 rings (SSSR count). The summed E-state index contributed by atoms with van der Waals surface area (Å²) in [5.74, 6) is -0.553. The first-order valence-electron chi connectivity index (χ1n) is 40.0. The Labute approximate surface area is 588 Å². The van der Waals surface area contributed by atoms with E-state index in [1.54, 1.807) is 0 Å². The first kappa shape index (κ1) is 94.1. The van der Waals surface area contributed by atoms with Crippen LogP contribution in [0.2, 0.25) is 0 Å². The fraction of sp³-hybridized carbons (Fsp3) is 0.948. The molecule has 0 amide bonds. The van der Waals surface area contributed by atoms with Crippen molar-refractivity contribution < 1.29 is 80.2 Å². The smallest absolute Gasteiger partial charge is 0.462 e. The number of hydrogen-bond donors (Lipinski definition) is 3. The minimum absolute atomic E-state index is 0.107. The van der Waals surface area contributed by atoms with E-state index in [-0.39, 0.29) is 25.7 Å². The standard InChI is InChI=1S/C77H150O17P2/c1-7-9-11-13-15-17-19-21-24-30-37-43-49-55-61-76(81)93-72(65-87-74(79)59-53-47-41-35-29-20-18-16-14-12-10-8-2)67-91-95(83,84)89-63-71(78)64-90-96(85,86)92-68-73(66-88-75(80)60-54-48-42-36-32-26-28-34-40-46-52-58-70(5)6)94-77(82)62-56-50-44-38-31-25-22-23-27-33-39-45-51-57-69(3)4/h69-73,78H,7-68H2,1-6H3,(H,83,84)(H,85,86)/t71-,72+,73+/m0/s1. The summed E-state index contributed by atoms with van der Waals surface area (Å²) in [6.07, 6.45) is 56.6. The normalized spacial score (nSPS) is 14.0. The average Bonchev–Trinajstić information content (AvgIpc) is 1.89. The van der Waals surface area contributed by atoms with E-state index in [2.05, 4.69) is 41.5 Å². The van der Waals surface area contributed by atoms with Gasteiger partial charge in [-0.2, -0.15) is 0 Å². The molecule has 0 heterocycles. The number of carbonyl (C=O) groups is 4. The highest BCUT2D eigenvalue weighted by Crippen LogP contribution is 2.45. The van der Waals surface area contributed by atoms with Crippen molar-refractivity contribution in [2.24, 2.45) is 11.8 Å². The molecule has 3 N–H and O–H groups in total. The van der Waals surface area contributed by atoms with Gasteiger partial charge in [-0.3, -0.25) is 37.3 Å². The summed E-state index contributed by atoms with van der Waals surface area (Å²) in [5, 5.41) is 10.6. The van der Waals surface area contributed by atoms with E-state index in [1.807, 2.05) is 0 Å². The van der Waals surface area contributed by atoms with Crippen LogP contribution in [-0.2, 0) is 65.4 Å². The monoisotopic (exact) mass is 1410 g/mol. The number of aliphatic hydroxyl groups is 1. The number of unbranched alkanes of at least 4 members (excludes halogenated alkanes) is 46. The highest BCUT2D eigenvalue weighted by molar-refractivity contribution is 7.47. The molecule has 0 aromatic heterocycles. The van der Waals surface area contributed by atoms with E-state index in [0.717, 1.165) is 102 Å². The summed E-state index contributed by atoms with van der Waals surface area (Å²) in [4.78, 5) is 72.9. The summed E-state index contributed by atoms with van der Waals surface area (Å²) in [6.45, 7) is 9.63. The Morgan fingerprint density at radius 1 is 0.281 bits per heavy atom. The minimum atomic E-state index is -4.96. The number of aliphatic hydroxyl groups excluding tert-OH is 1. The van der Waals surface area contributed by atoms with E-state index in [9.17, 15) is 43.2 Å². The molecule has 2 unspecified atom stereocenters. The minimum Gasteiger partial charge on any atom is -0.462 e. The SMILES string of the molecule is CCCCCCCCCCCCCCCCC(=O)O[C@H](COC(=O)CCCCCCCCCCCCCC)COP(=O)(O)OC[C@H](O)COP(=O)(O)OC[C@@H](COC(=O)CCCCCCCCCCCCCC(C)C)OC(=O)CCCCCCCCCCCCCCCC(C)C. The summed E-state index contributed by atoms with van der Waals surface area (Å²) in [7, 11) is -9.91. The van der Waals surface area contributed by atoms with Crippen LogP contribution in [-0.4, -0.2) is 96.7 Å². The van der Waals surface area contributed by atoms with Crippen LogP contribution >= 0.6 is 15.6 Å². The van der Waals surface area contributed by atoms with Crippen molar-refractivity contribution >= 4 is 39.5 Å². The zero-order valence-corrected chi connectivity index (χ0v) is 64.5. The molecule has 0 aliphatic heterocycles. The fourth-order valence-corrected chi connectivity index (χ4v) is 13.4. The third-order valence-electron chi connectivity index (χ3n) is 18.0. The van der Waals surface area contributed by atoms with Gasteiger partial charge in [0.2, 0.25) is 0 Å². The third kappa shape index (κ3) is 70.5. The predicted octanol–water partition coefficient (Wildman–Crippen LogP) is 22.7. The number of ether oxygens (including phenoxy) is 4. The Balaban J connectivity index is 5.27. The number of phosphoric ester groups is 2. The number of carbonyl (C=O) groups excluding carboxylic acids is 4. The van der Waals surface area contributed by atoms with Crippen LogP contribution in [0.3, 0.4) is 0 Å². The van der Waals surface area contributed by atoms with Crippen LogP contribution in [0.5, 0.6) is 0 Å². The first-order valence-corrected chi connectivity index (χ1v) is 43.0. The molecule has 0 spiro atoms. The maximum atomic E-state index is 13.1. The Bertz CT molecular complexity index is 1860. The van der Waals surface area contributed by atoms with Crippen LogP contribution in [0.25, 0.3) is 0 Å². The van der Waals surface area contributed by atoms with Crippen molar-refractivity contribution in [2.45, 2.75) is 419 Å². The van der Waals surface area contributed by atoms with Crippen molar-refractivity contribution in [3.05, 3.63) is 0 Å². The molecule has 0 bridgehead atoms. The topological polar surface area (TPSA) is 237 Å². The molecule has 0 aliphatic rings. The van der Waals surface area contributed by atoms with E-state index in [4.69, 9.17) is 37.0 Å². The molecule has 96 heavy (non-hydrogen) atoms. The lowest BCUT2D eigenvalue weighted by Crippen LogP contribution is -2.30. The Hall–Kier alpha value is -1.94. The van der Waals surface area contributed by atoms with Crippen molar-refractivity contribution in [3.8, 4) is 0 Å². The van der Waals surface area contributed by atoms with Crippen LogP contribution in [0.4, 0.5) is 0 Å².